The number of nitrogens with one attached hydrogen (secondary N) is 2. The van der Waals surface area contributed by atoms with E-state index in [1.54, 1.807) is 7.05 Å². The highest BCUT2D eigenvalue weighted by molar-refractivity contribution is 5.85. The van der Waals surface area contributed by atoms with Gasteiger partial charge in [0.05, 0.1) is 6.10 Å². The van der Waals surface area contributed by atoms with E-state index in [9.17, 15) is 9.90 Å². The monoisotopic (exact) mass is 286 g/mol. The zero-order valence-corrected chi connectivity index (χ0v) is 12.5. The van der Waals surface area contributed by atoms with Gasteiger partial charge in [-0.3, -0.25) is 4.79 Å². The predicted molar refractivity (Wildman–Crippen MR) is 82.9 cm³/mol. The first-order valence-corrected chi connectivity index (χ1v) is 7.63. The van der Waals surface area contributed by atoms with Crippen LogP contribution in [0.1, 0.15) is 37.1 Å². The fraction of sp³-hybridized carbons (Fsp3) is 0.471. The summed E-state index contributed by atoms with van der Waals surface area (Å²) in [7, 11) is 1.65. The van der Waals surface area contributed by atoms with Gasteiger partial charge in [0, 0.05) is 36.0 Å². The summed E-state index contributed by atoms with van der Waals surface area (Å²) in [6, 6.07) is 8.16. The molecular weight excluding hydrogens is 264 g/mol. The number of aromatic nitrogens is 1. The summed E-state index contributed by atoms with van der Waals surface area (Å²) < 4.78 is 0. The van der Waals surface area contributed by atoms with Gasteiger partial charge in [-0.15, -0.1) is 0 Å². The number of amides is 1. The van der Waals surface area contributed by atoms with Crippen LogP contribution in [0.2, 0.25) is 0 Å². The van der Waals surface area contributed by atoms with Gasteiger partial charge < -0.3 is 15.4 Å². The molecule has 0 saturated heterocycles. The van der Waals surface area contributed by atoms with Gasteiger partial charge in [-0.05, 0) is 24.0 Å². The first kappa shape index (κ1) is 14.1. The average molecular weight is 286 g/mol. The average Bonchev–Trinajstić information content (AvgIpc) is 2.88. The van der Waals surface area contributed by atoms with Gasteiger partial charge in [0.15, 0.2) is 0 Å². The SMILES string of the molecule is CC[C@H]1Cc2c([nH]c3ccccc23)[C@H](O)[C@@H]1CC(=O)NC. The number of hydrogen-bond acceptors (Lipinski definition) is 2. The maximum atomic E-state index is 11.7. The molecule has 3 rings (SSSR count). The molecule has 3 atom stereocenters. The van der Waals surface area contributed by atoms with Crippen LogP contribution in [-0.4, -0.2) is 23.0 Å². The van der Waals surface area contributed by atoms with Gasteiger partial charge in [-0.2, -0.15) is 0 Å². The number of benzene rings is 1. The Morgan fingerprint density at radius 3 is 2.90 bits per heavy atom. The molecule has 4 nitrogen and oxygen atoms in total. The van der Waals surface area contributed by atoms with Gasteiger partial charge in [0.25, 0.3) is 0 Å². The highest BCUT2D eigenvalue weighted by Crippen LogP contribution is 2.43. The molecule has 1 aliphatic rings. The van der Waals surface area contributed by atoms with Crippen LogP contribution < -0.4 is 5.32 Å². The van der Waals surface area contributed by atoms with Crippen molar-refractivity contribution in [1.82, 2.24) is 10.3 Å². The molecule has 112 valence electrons. The lowest BCUT2D eigenvalue weighted by atomic mass is 9.73. The number of carbonyl (C=O) groups is 1. The van der Waals surface area contributed by atoms with E-state index < -0.39 is 6.10 Å². The summed E-state index contributed by atoms with van der Waals surface area (Å²) >= 11 is 0. The second kappa shape index (κ2) is 5.53. The highest BCUT2D eigenvalue weighted by Gasteiger charge is 2.37. The molecule has 1 aromatic carbocycles. The number of aliphatic hydroxyl groups excluding tert-OH is 1. The van der Waals surface area contributed by atoms with Crippen molar-refractivity contribution >= 4 is 16.8 Å². The lowest BCUT2D eigenvalue weighted by Gasteiger charge is -2.34. The number of rotatable bonds is 3. The van der Waals surface area contributed by atoms with Crippen molar-refractivity contribution in [2.75, 3.05) is 7.05 Å². The normalized spacial score (nSPS) is 24.8. The summed E-state index contributed by atoms with van der Waals surface area (Å²) in [5.74, 6) is 0.316. The van der Waals surface area contributed by atoms with E-state index in [1.165, 1.54) is 10.9 Å². The zero-order valence-electron chi connectivity index (χ0n) is 12.5. The number of para-hydroxylation sites is 1. The molecule has 1 heterocycles. The Kier molecular flexibility index (Phi) is 3.72. The van der Waals surface area contributed by atoms with Crippen molar-refractivity contribution in [3.8, 4) is 0 Å². The van der Waals surface area contributed by atoms with Crippen LogP contribution in [0.3, 0.4) is 0 Å². The molecule has 1 aromatic heterocycles. The van der Waals surface area contributed by atoms with Crippen molar-refractivity contribution in [2.24, 2.45) is 11.8 Å². The van der Waals surface area contributed by atoms with Crippen LogP contribution in [0, 0.1) is 11.8 Å². The van der Waals surface area contributed by atoms with E-state index in [-0.39, 0.29) is 11.8 Å². The van der Waals surface area contributed by atoms with Crippen LogP contribution in [-0.2, 0) is 11.2 Å². The smallest absolute Gasteiger partial charge is 0.220 e. The quantitative estimate of drug-likeness (QED) is 0.812. The van der Waals surface area contributed by atoms with Crippen molar-refractivity contribution in [2.45, 2.75) is 32.3 Å². The van der Waals surface area contributed by atoms with Crippen LogP contribution in [0.15, 0.2) is 24.3 Å². The van der Waals surface area contributed by atoms with Crippen LogP contribution >= 0.6 is 0 Å². The minimum atomic E-state index is -0.594. The van der Waals surface area contributed by atoms with Crippen molar-refractivity contribution in [3.05, 3.63) is 35.5 Å². The first-order chi connectivity index (χ1) is 10.2. The van der Waals surface area contributed by atoms with E-state index in [0.29, 0.717) is 12.3 Å². The maximum Gasteiger partial charge on any atom is 0.220 e. The number of H-pyrrole nitrogens is 1. The molecule has 21 heavy (non-hydrogen) atoms. The highest BCUT2D eigenvalue weighted by atomic mass is 16.3. The Bertz CT molecular complexity index is 662. The molecule has 1 aliphatic carbocycles. The molecule has 0 bridgehead atoms. The zero-order chi connectivity index (χ0) is 15.0. The standard InChI is InChI=1S/C17H22N2O2/c1-3-10-8-13-11-6-4-5-7-14(11)19-16(13)17(21)12(10)9-15(20)18-2/h4-7,10,12,17,19,21H,3,8-9H2,1-2H3,(H,18,20)/t10-,12+,17+/m0/s1. The molecule has 0 aliphatic heterocycles. The van der Waals surface area contributed by atoms with Gasteiger partial charge in [-0.1, -0.05) is 31.5 Å². The van der Waals surface area contributed by atoms with E-state index in [4.69, 9.17) is 0 Å². The van der Waals surface area contributed by atoms with Crippen molar-refractivity contribution in [3.63, 3.8) is 0 Å². The fourth-order valence-electron chi connectivity index (χ4n) is 3.62. The van der Waals surface area contributed by atoms with Crippen molar-refractivity contribution in [1.29, 1.82) is 0 Å². The lowest BCUT2D eigenvalue weighted by Crippen LogP contribution is -2.33. The number of hydrogen-bond donors (Lipinski definition) is 3. The minimum absolute atomic E-state index is 0.00272. The second-order valence-electron chi connectivity index (χ2n) is 5.92. The lowest BCUT2D eigenvalue weighted by molar-refractivity contribution is -0.123. The molecular formula is C17H22N2O2. The van der Waals surface area contributed by atoms with Gasteiger partial charge >= 0.3 is 0 Å². The third kappa shape index (κ3) is 2.33. The number of carbonyl (C=O) groups excluding carboxylic acids is 1. The molecule has 0 unspecified atom stereocenters. The van der Waals surface area contributed by atoms with Crippen LogP contribution in [0.5, 0.6) is 0 Å². The summed E-state index contributed by atoms with van der Waals surface area (Å²) in [5, 5.41) is 14.6. The van der Waals surface area contributed by atoms with Gasteiger partial charge in [0.1, 0.15) is 0 Å². The Balaban J connectivity index is 2.02. The van der Waals surface area contributed by atoms with Gasteiger partial charge in [0.2, 0.25) is 5.91 Å². The van der Waals surface area contributed by atoms with Crippen molar-refractivity contribution < 1.29 is 9.90 Å². The van der Waals surface area contributed by atoms with E-state index in [0.717, 1.165) is 24.1 Å². The molecule has 0 fully saturated rings. The summed E-state index contributed by atoms with van der Waals surface area (Å²) in [4.78, 5) is 15.1. The molecule has 2 aromatic rings. The van der Waals surface area contributed by atoms with E-state index >= 15 is 0 Å². The van der Waals surface area contributed by atoms with Crippen LogP contribution in [0.25, 0.3) is 10.9 Å². The molecule has 0 spiro atoms. The Morgan fingerprint density at radius 2 is 2.19 bits per heavy atom. The number of aliphatic hydroxyl groups is 1. The Morgan fingerprint density at radius 1 is 1.43 bits per heavy atom. The first-order valence-electron chi connectivity index (χ1n) is 7.63. The third-order valence-corrected chi connectivity index (χ3v) is 4.84. The second-order valence-corrected chi connectivity index (χ2v) is 5.92. The molecule has 0 radical (unpaired) electrons. The van der Waals surface area contributed by atoms with Gasteiger partial charge in [-0.25, -0.2) is 0 Å². The van der Waals surface area contributed by atoms with Crippen LogP contribution in [0.4, 0.5) is 0 Å². The Hall–Kier alpha value is -1.81. The molecule has 0 saturated carbocycles. The predicted octanol–water partition coefficient (Wildman–Crippen LogP) is 2.54. The topological polar surface area (TPSA) is 65.1 Å². The molecule has 3 N–H and O–H groups in total. The summed E-state index contributed by atoms with van der Waals surface area (Å²) in [6.45, 7) is 2.13. The maximum absolute atomic E-state index is 11.7. The largest absolute Gasteiger partial charge is 0.387 e. The molecule has 1 amide bonds. The number of fused-ring (bicyclic) bond motifs is 3. The van der Waals surface area contributed by atoms with E-state index in [2.05, 4.69) is 23.3 Å². The summed E-state index contributed by atoms with van der Waals surface area (Å²) in [5.41, 5.74) is 3.19. The molecule has 4 heteroatoms. The van der Waals surface area contributed by atoms with E-state index in [1.807, 2.05) is 18.2 Å². The minimum Gasteiger partial charge on any atom is -0.387 e. The fourth-order valence-corrected chi connectivity index (χ4v) is 3.62. The Labute approximate surface area is 124 Å². The summed E-state index contributed by atoms with van der Waals surface area (Å²) in [6.07, 6.45) is 1.68. The number of aromatic amines is 1. The third-order valence-electron chi connectivity index (χ3n) is 4.84.